The van der Waals surface area contributed by atoms with Crippen LogP contribution < -0.4 is 0 Å². The van der Waals surface area contributed by atoms with Crippen LogP contribution >= 0.6 is 0 Å². The summed E-state index contributed by atoms with van der Waals surface area (Å²) >= 11 is 0. The van der Waals surface area contributed by atoms with Gasteiger partial charge >= 0.3 is 11.9 Å². The molecule has 5 nitrogen and oxygen atoms in total. The molecular weight excluding hydrogens is 246 g/mol. The highest BCUT2D eigenvalue weighted by molar-refractivity contribution is 6.06. The van der Waals surface area contributed by atoms with Gasteiger partial charge in [-0.15, -0.1) is 0 Å². The number of nitriles is 1. The van der Waals surface area contributed by atoms with Gasteiger partial charge in [0.15, 0.2) is 5.41 Å². The number of methoxy groups -OCH3 is 2. The summed E-state index contributed by atoms with van der Waals surface area (Å²) in [4.78, 5) is 24.0. The van der Waals surface area contributed by atoms with Gasteiger partial charge in [0.05, 0.1) is 26.2 Å². The molecule has 0 aromatic heterocycles. The number of rotatable bonds is 3. The lowest BCUT2D eigenvalue weighted by Gasteiger charge is -2.12. The summed E-state index contributed by atoms with van der Waals surface area (Å²) in [5, 5.41) is 9.20. The van der Waals surface area contributed by atoms with Gasteiger partial charge in [-0.1, -0.05) is 30.3 Å². The number of ether oxygens (including phenoxy) is 2. The van der Waals surface area contributed by atoms with Gasteiger partial charge in [-0.05, 0) is 5.56 Å². The Bertz CT molecular complexity index is 530. The fourth-order valence-corrected chi connectivity index (χ4v) is 2.61. The van der Waals surface area contributed by atoms with Crippen molar-refractivity contribution in [1.82, 2.24) is 0 Å². The first-order valence-electron chi connectivity index (χ1n) is 5.76. The first-order valence-corrected chi connectivity index (χ1v) is 5.76. The Morgan fingerprint density at radius 1 is 1.16 bits per heavy atom. The number of benzene rings is 1. The van der Waals surface area contributed by atoms with E-state index in [4.69, 9.17) is 9.47 Å². The smallest absolute Gasteiger partial charge is 0.325 e. The molecule has 1 aliphatic carbocycles. The molecule has 98 valence electrons. The van der Waals surface area contributed by atoms with Crippen LogP contribution in [0.3, 0.4) is 0 Å². The molecule has 19 heavy (non-hydrogen) atoms. The van der Waals surface area contributed by atoms with Gasteiger partial charge in [-0.25, -0.2) is 0 Å². The van der Waals surface area contributed by atoms with Crippen LogP contribution in [0, 0.1) is 22.7 Å². The van der Waals surface area contributed by atoms with Crippen LogP contribution in [0.2, 0.25) is 0 Å². The quantitative estimate of drug-likeness (QED) is 0.603. The molecule has 2 atom stereocenters. The van der Waals surface area contributed by atoms with Crippen LogP contribution in [0.25, 0.3) is 0 Å². The van der Waals surface area contributed by atoms with Gasteiger partial charge < -0.3 is 9.47 Å². The topological polar surface area (TPSA) is 76.4 Å². The van der Waals surface area contributed by atoms with E-state index >= 15 is 0 Å². The van der Waals surface area contributed by atoms with Crippen molar-refractivity contribution in [1.29, 1.82) is 5.26 Å². The lowest BCUT2D eigenvalue weighted by Crippen LogP contribution is -2.31. The van der Waals surface area contributed by atoms with E-state index in [2.05, 4.69) is 0 Å². The van der Waals surface area contributed by atoms with Crippen LogP contribution in [0.5, 0.6) is 0 Å². The van der Waals surface area contributed by atoms with E-state index in [-0.39, 0.29) is 0 Å². The zero-order chi connectivity index (χ0) is 14.0. The molecule has 1 aromatic rings. The van der Waals surface area contributed by atoms with Gasteiger partial charge in [-0.2, -0.15) is 5.26 Å². The van der Waals surface area contributed by atoms with E-state index in [1.54, 1.807) is 24.3 Å². The summed E-state index contributed by atoms with van der Waals surface area (Å²) in [6.07, 6.45) is 0. The molecule has 0 heterocycles. The standard InChI is InChI=1S/C14H13NO4/c1-18-12(16)14(13(17)19-2)10(8-15)11(14)9-6-4-3-5-7-9/h3-7,10-11H,1-2H3/t10?,11-/m0/s1. The van der Waals surface area contributed by atoms with E-state index in [1.165, 1.54) is 14.2 Å². The molecular formula is C14H13NO4. The highest BCUT2D eigenvalue weighted by Gasteiger charge is 2.77. The molecule has 0 bridgehead atoms. The van der Waals surface area contributed by atoms with Gasteiger partial charge in [0.2, 0.25) is 0 Å². The molecule has 1 unspecified atom stereocenters. The molecule has 1 aromatic carbocycles. The van der Waals surface area contributed by atoms with E-state index in [0.29, 0.717) is 0 Å². The summed E-state index contributed by atoms with van der Waals surface area (Å²) in [6.45, 7) is 0. The Balaban J connectivity index is 2.48. The molecule has 0 radical (unpaired) electrons. The molecule has 5 heteroatoms. The molecule has 0 aliphatic heterocycles. The van der Waals surface area contributed by atoms with Gasteiger partial charge in [0, 0.05) is 5.92 Å². The second-order valence-corrected chi connectivity index (χ2v) is 4.35. The van der Waals surface area contributed by atoms with Crippen molar-refractivity contribution in [2.24, 2.45) is 11.3 Å². The maximum atomic E-state index is 12.0. The fraction of sp³-hybridized carbons (Fsp3) is 0.357. The number of hydrogen-bond donors (Lipinski definition) is 0. The minimum Gasteiger partial charge on any atom is -0.468 e. The molecule has 0 amide bonds. The predicted octanol–water partition coefficient (Wildman–Crippen LogP) is 1.26. The van der Waals surface area contributed by atoms with Crippen molar-refractivity contribution >= 4 is 11.9 Å². The summed E-state index contributed by atoms with van der Waals surface area (Å²) < 4.78 is 9.39. The Labute approximate surface area is 110 Å². The highest BCUT2D eigenvalue weighted by Crippen LogP contribution is 2.65. The normalized spacial score (nSPS) is 23.0. The summed E-state index contributed by atoms with van der Waals surface area (Å²) in [6, 6.07) is 11.0. The third-order valence-electron chi connectivity index (χ3n) is 3.55. The van der Waals surface area contributed by atoms with E-state index in [1.807, 2.05) is 12.1 Å². The van der Waals surface area contributed by atoms with Gasteiger partial charge in [0.25, 0.3) is 0 Å². The molecule has 2 rings (SSSR count). The van der Waals surface area contributed by atoms with Crippen LogP contribution in [0.1, 0.15) is 11.5 Å². The monoisotopic (exact) mass is 259 g/mol. The number of carbonyl (C=O) groups excluding carboxylic acids is 2. The lowest BCUT2D eigenvalue weighted by atomic mass is 9.99. The van der Waals surface area contributed by atoms with E-state index in [0.717, 1.165) is 5.56 Å². The van der Waals surface area contributed by atoms with Crippen molar-refractivity contribution in [3.63, 3.8) is 0 Å². The van der Waals surface area contributed by atoms with E-state index in [9.17, 15) is 14.9 Å². The lowest BCUT2D eigenvalue weighted by molar-refractivity contribution is -0.162. The molecule has 1 saturated carbocycles. The summed E-state index contributed by atoms with van der Waals surface area (Å²) in [5.74, 6) is -2.71. The third kappa shape index (κ3) is 1.68. The SMILES string of the molecule is COC(=O)C1(C(=O)OC)C(C#N)[C@@H]1c1ccccc1. The second kappa shape index (κ2) is 4.73. The minimum atomic E-state index is -1.53. The average Bonchev–Trinajstić information content (AvgIpc) is 3.16. The molecule has 0 saturated heterocycles. The van der Waals surface area contributed by atoms with Gasteiger partial charge in [-0.3, -0.25) is 9.59 Å². The van der Waals surface area contributed by atoms with Crippen LogP contribution in [-0.2, 0) is 19.1 Å². The van der Waals surface area contributed by atoms with Crippen LogP contribution in [-0.4, -0.2) is 26.2 Å². The average molecular weight is 259 g/mol. The number of esters is 2. The second-order valence-electron chi connectivity index (χ2n) is 4.35. The Hall–Kier alpha value is -2.35. The molecule has 0 spiro atoms. The first kappa shape index (κ1) is 13.1. The maximum absolute atomic E-state index is 12.0. The van der Waals surface area contributed by atoms with Crippen molar-refractivity contribution < 1.29 is 19.1 Å². The first-order chi connectivity index (χ1) is 9.14. The van der Waals surface area contributed by atoms with Crippen LogP contribution in [0.15, 0.2) is 30.3 Å². The summed E-state index contributed by atoms with van der Waals surface area (Å²) in [7, 11) is 2.39. The van der Waals surface area contributed by atoms with Crippen molar-refractivity contribution in [3.8, 4) is 6.07 Å². The van der Waals surface area contributed by atoms with E-state index < -0.39 is 29.2 Å². The fourth-order valence-electron chi connectivity index (χ4n) is 2.61. The summed E-state index contributed by atoms with van der Waals surface area (Å²) in [5.41, 5.74) is -0.774. The zero-order valence-corrected chi connectivity index (χ0v) is 10.6. The van der Waals surface area contributed by atoms with Crippen molar-refractivity contribution in [2.45, 2.75) is 5.92 Å². The largest absolute Gasteiger partial charge is 0.468 e. The third-order valence-corrected chi connectivity index (χ3v) is 3.55. The Morgan fingerprint density at radius 2 is 1.68 bits per heavy atom. The number of carbonyl (C=O) groups is 2. The predicted molar refractivity (Wildman–Crippen MR) is 64.8 cm³/mol. The Kier molecular flexibility index (Phi) is 3.26. The minimum absolute atomic E-state index is 0.515. The zero-order valence-electron chi connectivity index (χ0n) is 10.6. The molecule has 0 N–H and O–H groups in total. The van der Waals surface area contributed by atoms with Crippen molar-refractivity contribution in [3.05, 3.63) is 35.9 Å². The number of hydrogen-bond acceptors (Lipinski definition) is 5. The van der Waals surface area contributed by atoms with Crippen molar-refractivity contribution in [2.75, 3.05) is 14.2 Å². The highest BCUT2D eigenvalue weighted by atomic mass is 16.5. The molecule has 1 aliphatic rings. The number of nitrogens with zero attached hydrogens (tertiary/aromatic N) is 1. The Morgan fingerprint density at radius 3 is 2.11 bits per heavy atom. The maximum Gasteiger partial charge on any atom is 0.325 e. The molecule has 1 fully saturated rings. The van der Waals surface area contributed by atoms with Crippen LogP contribution in [0.4, 0.5) is 0 Å². The van der Waals surface area contributed by atoms with Gasteiger partial charge in [0.1, 0.15) is 0 Å².